The Morgan fingerprint density at radius 3 is 2.25 bits per heavy atom. The average Bonchev–Trinajstić information content (AvgIpc) is 3.32. The number of carbonyl (C=O) groups is 4. The van der Waals surface area contributed by atoms with Gasteiger partial charge >= 0.3 is 5.97 Å². The number of amides is 3. The predicted octanol–water partition coefficient (Wildman–Crippen LogP) is 1.50. The molecule has 1 heterocycles. The zero-order valence-electron chi connectivity index (χ0n) is 23.6. The van der Waals surface area contributed by atoms with E-state index in [0.29, 0.717) is 31.6 Å². The molecule has 3 amide bonds. The van der Waals surface area contributed by atoms with Gasteiger partial charge in [-0.05, 0) is 61.8 Å². The van der Waals surface area contributed by atoms with Gasteiger partial charge in [0.25, 0.3) is 0 Å². The van der Waals surface area contributed by atoms with Crippen molar-refractivity contribution >= 4 is 46.4 Å². The highest BCUT2D eigenvalue weighted by atomic mass is 32.2. The molecule has 4 unspecified atom stereocenters. The highest BCUT2D eigenvalue weighted by molar-refractivity contribution is 7.98. The summed E-state index contributed by atoms with van der Waals surface area (Å²) in [4.78, 5) is 54.6. The summed E-state index contributed by atoms with van der Waals surface area (Å²) < 4.78 is 0. The Hall–Kier alpha value is -3.09. The molecule has 0 bridgehead atoms. The van der Waals surface area contributed by atoms with Gasteiger partial charge in [0.15, 0.2) is 0 Å². The summed E-state index contributed by atoms with van der Waals surface area (Å²) in [6, 6.07) is 3.75. The lowest BCUT2D eigenvalue weighted by atomic mass is 10.00. The normalized spacial score (nSPS) is 14.3. The number of H-pyrrole nitrogens is 1. The fourth-order valence-corrected chi connectivity index (χ4v) is 4.86. The van der Waals surface area contributed by atoms with Gasteiger partial charge in [-0.15, -0.1) is 0 Å². The average molecular weight is 577 g/mol. The topological polar surface area (TPSA) is 192 Å². The van der Waals surface area contributed by atoms with E-state index in [4.69, 9.17) is 11.5 Å². The van der Waals surface area contributed by atoms with Crippen LogP contribution in [0.5, 0.6) is 0 Å². The first kappa shape index (κ1) is 33.1. The van der Waals surface area contributed by atoms with Crippen molar-refractivity contribution in [2.45, 2.75) is 76.5 Å². The number of aromatic nitrogens is 1. The van der Waals surface area contributed by atoms with Crippen molar-refractivity contribution in [1.29, 1.82) is 0 Å². The molecule has 0 aliphatic rings. The lowest BCUT2D eigenvalue weighted by molar-refractivity contribution is -0.142. The van der Waals surface area contributed by atoms with Crippen molar-refractivity contribution < 1.29 is 24.3 Å². The number of carboxylic acid groups (broad SMARTS) is 1. The van der Waals surface area contributed by atoms with Crippen molar-refractivity contribution in [2.24, 2.45) is 17.4 Å². The molecule has 11 nitrogen and oxygen atoms in total. The van der Waals surface area contributed by atoms with Gasteiger partial charge in [-0.25, -0.2) is 4.79 Å². The molecule has 12 heteroatoms. The van der Waals surface area contributed by atoms with E-state index in [1.54, 1.807) is 6.20 Å². The summed E-state index contributed by atoms with van der Waals surface area (Å²) in [7, 11) is 0. The van der Waals surface area contributed by atoms with Crippen LogP contribution in [-0.2, 0) is 25.6 Å². The Bertz CT molecular complexity index is 1120. The van der Waals surface area contributed by atoms with Gasteiger partial charge in [-0.2, -0.15) is 11.8 Å². The van der Waals surface area contributed by atoms with Crippen LogP contribution >= 0.6 is 11.8 Å². The standard InChI is InChI=1S/C28H44N6O5S/c1-17(2)14-23(26(36)32-22(28(38)39)11-13-40-3)34-27(37)24(33-25(35)20(30)9-6-7-12-29)15-18-16-31-21-10-5-4-8-19(18)21/h4-5,8,10,16-17,20,22-24,31H,6-7,9,11-15,29-30H2,1-3H3,(H,32,36)(H,33,35)(H,34,37)(H,38,39). The molecule has 4 atom stereocenters. The van der Waals surface area contributed by atoms with E-state index in [9.17, 15) is 24.3 Å². The highest BCUT2D eigenvalue weighted by Gasteiger charge is 2.31. The predicted molar refractivity (Wildman–Crippen MR) is 159 cm³/mol. The molecule has 40 heavy (non-hydrogen) atoms. The summed E-state index contributed by atoms with van der Waals surface area (Å²) in [6.45, 7) is 4.31. The van der Waals surface area contributed by atoms with E-state index in [2.05, 4.69) is 20.9 Å². The molecule has 2 rings (SSSR count). The maximum absolute atomic E-state index is 13.6. The van der Waals surface area contributed by atoms with E-state index in [1.165, 1.54) is 11.8 Å². The van der Waals surface area contributed by atoms with Crippen LogP contribution in [0, 0.1) is 5.92 Å². The molecule has 2 aromatic rings. The molecule has 0 fully saturated rings. The van der Waals surface area contributed by atoms with Gasteiger partial charge in [0.2, 0.25) is 17.7 Å². The fourth-order valence-electron chi connectivity index (χ4n) is 4.39. The second-order valence-electron chi connectivity index (χ2n) is 10.4. The molecular weight excluding hydrogens is 532 g/mol. The van der Waals surface area contributed by atoms with Crippen molar-refractivity contribution in [3.05, 3.63) is 36.0 Å². The van der Waals surface area contributed by atoms with Gasteiger partial charge in [0.1, 0.15) is 18.1 Å². The summed E-state index contributed by atoms with van der Waals surface area (Å²) in [6.07, 6.45) is 6.20. The number of hydrogen-bond acceptors (Lipinski definition) is 7. The van der Waals surface area contributed by atoms with Gasteiger partial charge in [-0.3, -0.25) is 14.4 Å². The molecular formula is C28H44N6O5S. The second kappa shape index (κ2) is 16.9. The smallest absolute Gasteiger partial charge is 0.326 e. The molecule has 0 saturated heterocycles. The van der Waals surface area contributed by atoms with Gasteiger partial charge in [-0.1, -0.05) is 38.5 Å². The Balaban J connectivity index is 2.26. The van der Waals surface area contributed by atoms with Crippen LogP contribution in [0.15, 0.2) is 30.5 Å². The first-order valence-corrected chi connectivity index (χ1v) is 15.1. The number of fused-ring (bicyclic) bond motifs is 1. The van der Waals surface area contributed by atoms with E-state index < -0.39 is 47.9 Å². The number of unbranched alkanes of at least 4 members (excludes halogenated alkanes) is 1. The lowest BCUT2D eigenvalue weighted by Crippen LogP contribution is -2.57. The molecule has 0 radical (unpaired) electrons. The van der Waals surface area contributed by atoms with Crippen LogP contribution in [0.2, 0.25) is 0 Å². The number of rotatable bonds is 18. The van der Waals surface area contributed by atoms with E-state index in [0.717, 1.165) is 22.9 Å². The SMILES string of the molecule is CSCCC(NC(=O)C(CC(C)C)NC(=O)C(Cc1c[nH]c2ccccc12)NC(=O)C(N)CCCCN)C(=O)O. The third-order valence-electron chi connectivity index (χ3n) is 6.60. The number of hydrogen-bond donors (Lipinski definition) is 7. The Labute approximate surface area is 240 Å². The Kier molecular flexibility index (Phi) is 14.0. The van der Waals surface area contributed by atoms with Crippen LogP contribution in [0.25, 0.3) is 10.9 Å². The van der Waals surface area contributed by atoms with Crippen LogP contribution in [0.3, 0.4) is 0 Å². The third kappa shape index (κ3) is 10.5. The lowest BCUT2D eigenvalue weighted by Gasteiger charge is -2.26. The number of thioether (sulfide) groups is 1. The highest BCUT2D eigenvalue weighted by Crippen LogP contribution is 2.19. The molecule has 1 aromatic heterocycles. The second-order valence-corrected chi connectivity index (χ2v) is 11.4. The first-order chi connectivity index (χ1) is 19.1. The molecule has 0 aliphatic carbocycles. The molecule has 0 spiro atoms. The maximum atomic E-state index is 13.6. The van der Waals surface area contributed by atoms with E-state index in [-0.39, 0.29) is 18.8 Å². The summed E-state index contributed by atoms with van der Waals surface area (Å²) in [5, 5.41) is 18.6. The molecule has 9 N–H and O–H groups in total. The van der Waals surface area contributed by atoms with Gasteiger partial charge in [0, 0.05) is 23.5 Å². The first-order valence-electron chi connectivity index (χ1n) is 13.7. The minimum absolute atomic E-state index is 0.0307. The minimum Gasteiger partial charge on any atom is -0.480 e. The van der Waals surface area contributed by atoms with Crippen LogP contribution in [0.4, 0.5) is 0 Å². The number of nitrogens with one attached hydrogen (secondary N) is 4. The van der Waals surface area contributed by atoms with Crippen LogP contribution in [0.1, 0.15) is 51.5 Å². The number of aromatic amines is 1. The van der Waals surface area contributed by atoms with E-state index >= 15 is 0 Å². The molecule has 0 aliphatic heterocycles. The minimum atomic E-state index is -1.13. The number of carboxylic acids is 1. The van der Waals surface area contributed by atoms with Crippen molar-refractivity contribution in [2.75, 3.05) is 18.6 Å². The zero-order chi connectivity index (χ0) is 29.7. The summed E-state index contributed by atoms with van der Waals surface area (Å²) in [5.74, 6) is -2.14. The number of benzene rings is 1. The Morgan fingerprint density at radius 1 is 0.950 bits per heavy atom. The van der Waals surface area contributed by atoms with Crippen LogP contribution < -0.4 is 27.4 Å². The van der Waals surface area contributed by atoms with E-state index in [1.807, 2.05) is 44.4 Å². The zero-order valence-corrected chi connectivity index (χ0v) is 24.4. The molecule has 222 valence electrons. The largest absolute Gasteiger partial charge is 0.480 e. The number of carbonyl (C=O) groups excluding carboxylic acids is 3. The van der Waals surface area contributed by atoms with Crippen molar-refractivity contribution in [3.63, 3.8) is 0 Å². The third-order valence-corrected chi connectivity index (χ3v) is 7.25. The summed E-state index contributed by atoms with van der Waals surface area (Å²) in [5.41, 5.74) is 13.4. The quantitative estimate of drug-likeness (QED) is 0.130. The molecule has 0 saturated carbocycles. The van der Waals surface area contributed by atoms with Crippen LogP contribution in [-0.4, -0.2) is 76.5 Å². The maximum Gasteiger partial charge on any atom is 0.326 e. The van der Waals surface area contributed by atoms with Crippen molar-refractivity contribution in [3.8, 4) is 0 Å². The monoisotopic (exact) mass is 576 g/mol. The van der Waals surface area contributed by atoms with Gasteiger partial charge < -0.3 is 37.5 Å². The Morgan fingerprint density at radius 2 is 1.60 bits per heavy atom. The summed E-state index contributed by atoms with van der Waals surface area (Å²) >= 11 is 1.48. The van der Waals surface area contributed by atoms with Gasteiger partial charge in [0.05, 0.1) is 6.04 Å². The molecule has 1 aromatic carbocycles. The van der Waals surface area contributed by atoms with Crippen molar-refractivity contribution in [1.82, 2.24) is 20.9 Å². The fraction of sp³-hybridized carbons (Fsp3) is 0.571. The number of aliphatic carboxylic acids is 1. The number of para-hydroxylation sites is 1. The number of nitrogens with two attached hydrogens (primary N) is 2.